The van der Waals surface area contributed by atoms with Crippen LogP contribution in [0.4, 0.5) is 0 Å². The number of hydrogen-bond donors (Lipinski definition) is 0. The molecule has 2 unspecified atom stereocenters. The first-order chi connectivity index (χ1) is 5.59. The first-order valence-corrected chi connectivity index (χ1v) is 4.89. The second-order valence-corrected chi connectivity index (χ2v) is 4.62. The second-order valence-electron chi connectivity index (χ2n) is 4.62. The molecular formula is C10H22N2. The number of nitrogens with zero attached hydrogens (tertiary/aromatic N) is 2. The number of rotatable bonds is 4. The standard InChI is InChI=1S/C10H22N2/c1-11(2)7-9-5-6-10(9)8-12(3)4/h9-10H,5-8H2,1-4H3. The highest BCUT2D eigenvalue weighted by Crippen LogP contribution is 2.34. The molecule has 1 fully saturated rings. The Kier molecular flexibility index (Phi) is 3.53. The van der Waals surface area contributed by atoms with Crippen molar-refractivity contribution in [3.8, 4) is 0 Å². The molecule has 0 heterocycles. The van der Waals surface area contributed by atoms with Crippen LogP contribution in [0.1, 0.15) is 12.8 Å². The zero-order valence-corrected chi connectivity index (χ0v) is 8.88. The average molecular weight is 170 g/mol. The van der Waals surface area contributed by atoms with Gasteiger partial charge in [0.2, 0.25) is 0 Å². The molecule has 0 aromatic carbocycles. The maximum atomic E-state index is 2.31. The van der Waals surface area contributed by atoms with Crippen LogP contribution in [0.5, 0.6) is 0 Å². The van der Waals surface area contributed by atoms with Gasteiger partial charge in [-0.1, -0.05) is 0 Å². The van der Waals surface area contributed by atoms with Crippen LogP contribution in [0.3, 0.4) is 0 Å². The van der Waals surface area contributed by atoms with Crippen molar-refractivity contribution in [1.29, 1.82) is 0 Å². The summed E-state index contributed by atoms with van der Waals surface area (Å²) in [5.41, 5.74) is 0. The van der Waals surface area contributed by atoms with Crippen LogP contribution >= 0.6 is 0 Å². The van der Waals surface area contributed by atoms with Crippen LogP contribution < -0.4 is 0 Å². The van der Waals surface area contributed by atoms with Crippen molar-refractivity contribution in [2.45, 2.75) is 12.8 Å². The molecule has 0 amide bonds. The molecule has 0 saturated heterocycles. The zero-order chi connectivity index (χ0) is 9.14. The highest BCUT2D eigenvalue weighted by atomic mass is 15.1. The number of hydrogen-bond acceptors (Lipinski definition) is 2. The van der Waals surface area contributed by atoms with Gasteiger partial charge in [0.15, 0.2) is 0 Å². The van der Waals surface area contributed by atoms with E-state index in [1.54, 1.807) is 0 Å². The minimum Gasteiger partial charge on any atom is -0.309 e. The molecule has 2 nitrogen and oxygen atoms in total. The summed E-state index contributed by atoms with van der Waals surface area (Å²) in [5, 5.41) is 0. The normalized spacial score (nSPS) is 29.5. The summed E-state index contributed by atoms with van der Waals surface area (Å²) >= 11 is 0. The SMILES string of the molecule is CN(C)CC1CCC1CN(C)C. The Bertz CT molecular complexity index is 116. The van der Waals surface area contributed by atoms with Crippen molar-refractivity contribution in [3.63, 3.8) is 0 Å². The quantitative estimate of drug-likeness (QED) is 0.624. The van der Waals surface area contributed by atoms with Crippen LogP contribution in [-0.4, -0.2) is 51.1 Å². The predicted molar refractivity (Wildman–Crippen MR) is 53.3 cm³/mol. The fourth-order valence-corrected chi connectivity index (χ4v) is 2.06. The Balaban J connectivity index is 2.20. The maximum Gasteiger partial charge on any atom is 0.000669 e. The molecule has 0 N–H and O–H groups in total. The van der Waals surface area contributed by atoms with Gasteiger partial charge >= 0.3 is 0 Å². The molecule has 12 heavy (non-hydrogen) atoms. The third-order valence-electron chi connectivity index (χ3n) is 2.77. The topological polar surface area (TPSA) is 6.48 Å². The molecule has 1 aliphatic carbocycles. The van der Waals surface area contributed by atoms with E-state index in [-0.39, 0.29) is 0 Å². The van der Waals surface area contributed by atoms with Gasteiger partial charge in [-0.2, -0.15) is 0 Å². The fraction of sp³-hybridized carbons (Fsp3) is 1.00. The van der Waals surface area contributed by atoms with Gasteiger partial charge in [0.05, 0.1) is 0 Å². The molecule has 0 aliphatic heterocycles. The van der Waals surface area contributed by atoms with E-state index in [2.05, 4.69) is 38.0 Å². The van der Waals surface area contributed by atoms with Crippen molar-refractivity contribution < 1.29 is 0 Å². The van der Waals surface area contributed by atoms with Crippen molar-refractivity contribution >= 4 is 0 Å². The lowest BCUT2D eigenvalue weighted by molar-refractivity contribution is 0.105. The third kappa shape index (κ3) is 2.76. The molecule has 0 bridgehead atoms. The minimum absolute atomic E-state index is 0.961. The van der Waals surface area contributed by atoms with Gasteiger partial charge in [-0.05, 0) is 52.9 Å². The smallest absolute Gasteiger partial charge is 0.000669 e. The van der Waals surface area contributed by atoms with Crippen LogP contribution in [0.15, 0.2) is 0 Å². The summed E-state index contributed by atoms with van der Waals surface area (Å²) in [4.78, 5) is 4.62. The molecular weight excluding hydrogens is 148 g/mol. The van der Waals surface area contributed by atoms with Gasteiger partial charge in [0.1, 0.15) is 0 Å². The molecule has 0 aromatic heterocycles. The van der Waals surface area contributed by atoms with E-state index in [0.29, 0.717) is 0 Å². The first-order valence-electron chi connectivity index (χ1n) is 4.89. The minimum atomic E-state index is 0.961. The van der Waals surface area contributed by atoms with Crippen LogP contribution in [0, 0.1) is 11.8 Å². The summed E-state index contributed by atoms with van der Waals surface area (Å²) < 4.78 is 0. The molecule has 1 rings (SSSR count). The first kappa shape index (κ1) is 10.0. The Morgan fingerprint density at radius 1 is 0.833 bits per heavy atom. The van der Waals surface area contributed by atoms with E-state index < -0.39 is 0 Å². The Hall–Kier alpha value is -0.0800. The summed E-state index contributed by atoms with van der Waals surface area (Å²) in [5.74, 6) is 1.92. The molecule has 2 heteroatoms. The molecule has 1 aliphatic rings. The van der Waals surface area contributed by atoms with E-state index in [0.717, 1.165) is 11.8 Å². The van der Waals surface area contributed by atoms with Crippen molar-refractivity contribution in [2.24, 2.45) is 11.8 Å². The monoisotopic (exact) mass is 170 g/mol. The van der Waals surface area contributed by atoms with E-state index in [1.807, 2.05) is 0 Å². The lowest BCUT2D eigenvalue weighted by Gasteiger charge is -2.39. The summed E-state index contributed by atoms with van der Waals surface area (Å²) in [6.45, 7) is 2.55. The van der Waals surface area contributed by atoms with Gasteiger partial charge in [-0.15, -0.1) is 0 Å². The van der Waals surface area contributed by atoms with Crippen LogP contribution in [0.25, 0.3) is 0 Å². The maximum absolute atomic E-state index is 2.31. The van der Waals surface area contributed by atoms with E-state index in [4.69, 9.17) is 0 Å². The van der Waals surface area contributed by atoms with Gasteiger partial charge in [-0.3, -0.25) is 0 Å². The third-order valence-corrected chi connectivity index (χ3v) is 2.77. The second kappa shape index (κ2) is 4.24. The van der Waals surface area contributed by atoms with Crippen LogP contribution in [0.2, 0.25) is 0 Å². The Labute approximate surface area is 76.5 Å². The lowest BCUT2D eigenvalue weighted by atomic mass is 9.73. The summed E-state index contributed by atoms with van der Waals surface area (Å²) in [7, 11) is 8.69. The Morgan fingerprint density at radius 2 is 1.17 bits per heavy atom. The molecule has 0 aromatic rings. The van der Waals surface area contributed by atoms with Crippen LogP contribution in [-0.2, 0) is 0 Å². The van der Waals surface area contributed by atoms with Crippen molar-refractivity contribution in [3.05, 3.63) is 0 Å². The van der Waals surface area contributed by atoms with Gasteiger partial charge in [-0.25, -0.2) is 0 Å². The predicted octanol–water partition coefficient (Wildman–Crippen LogP) is 1.14. The largest absolute Gasteiger partial charge is 0.309 e. The van der Waals surface area contributed by atoms with Crippen molar-refractivity contribution in [2.75, 3.05) is 41.3 Å². The molecule has 2 atom stereocenters. The van der Waals surface area contributed by atoms with E-state index >= 15 is 0 Å². The van der Waals surface area contributed by atoms with Gasteiger partial charge < -0.3 is 9.80 Å². The van der Waals surface area contributed by atoms with E-state index in [9.17, 15) is 0 Å². The fourth-order valence-electron chi connectivity index (χ4n) is 2.06. The highest BCUT2D eigenvalue weighted by molar-refractivity contribution is 4.83. The summed E-state index contributed by atoms with van der Waals surface area (Å²) in [6.07, 6.45) is 2.88. The highest BCUT2D eigenvalue weighted by Gasteiger charge is 2.30. The van der Waals surface area contributed by atoms with E-state index in [1.165, 1.54) is 25.9 Å². The van der Waals surface area contributed by atoms with Crippen molar-refractivity contribution in [1.82, 2.24) is 9.80 Å². The Morgan fingerprint density at radius 3 is 1.33 bits per heavy atom. The molecule has 72 valence electrons. The molecule has 0 spiro atoms. The van der Waals surface area contributed by atoms with Gasteiger partial charge in [0, 0.05) is 13.1 Å². The average Bonchev–Trinajstić information content (AvgIpc) is 1.93. The summed E-state index contributed by atoms with van der Waals surface area (Å²) in [6, 6.07) is 0. The molecule has 0 radical (unpaired) electrons. The zero-order valence-electron chi connectivity index (χ0n) is 8.88. The molecule has 1 saturated carbocycles. The lowest BCUT2D eigenvalue weighted by Crippen LogP contribution is -2.40. The van der Waals surface area contributed by atoms with Gasteiger partial charge in [0.25, 0.3) is 0 Å².